The van der Waals surface area contributed by atoms with Gasteiger partial charge in [-0.3, -0.25) is 9.69 Å². The summed E-state index contributed by atoms with van der Waals surface area (Å²) in [7, 11) is 2.18. The SMILES string of the molecule is CCc1nc(C(N)=O)c(NC2=CCC(N3CCN(C)CC3)C=C2)nc1C1CCNCC1. The van der Waals surface area contributed by atoms with E-state index in [1.807, 2.05) is 0 Å². The van der Waals surface area contributed by atoms with E-state index in [1.54, 1.807) is 0 Å². The standard InChI is InChI=1S/C23H35N7O/c1-3-19-20(16-8-10-25-11-9-16)28-23(21(27-19)22(24)31)26-17-4-6-18(7-5-17)30-14-12-29(2)13-15-30/h4-6,16,18,25H,3,7-15H2,1-2H3,(H2,24,31)(H,26,28). The molecule has 168 valence electrons. The Morgan fingerprint density at radius 3 is 2.58 bits per heavy atom. The molecule has 4 rings (SSSR count). The van der Waals surface area contributed by atoms with Crippen LogP contribution < -0.4 is 16.4 Å². The maximum atomic E-state index is 12.1. The highest BCUT2D eigenvalue weighted by molar-refractivity contribution is 5.95. The van der Waals surface area contributed by atoms with Crippen LogP contribution >= 0.6 is 0 Å². The number of rotatable bonds is 6. The van der Waals surface area contributed by atoms with Crippen LogP contribution in [0, 0.1) is 0 Å². The number of aromatic nitrogens is 2. The van der Waals surface area contributed by atoms with E-state index < -0.39 is 5.91 Å². The van der Waals surface area contributed by atoms with Gasteiger partial charge < -0.3 is 21.3 Å². The molecule has 1 unspecified atom stereocenters. The van der Waals surface area contributed by atoms with Gasteiger partial charge in [-0.25, -0.2) is 9.97 Å². The number of piperazine rings is 1. The second kappa shape index (κ2) is 9.89. The first-order valence-electron chi connectivity index (χ1n) is 11.5. The summed E-state index contributed by atoms with van der Waals surface area (Å²) < 4.78 is 0. The molecule has 1 aromatic rings. The van der Waals surface area contributed by atoms with E-state index in [-0.39, 0.29) is 5.69 Å². The summed E-state index contributed by atoms with van der Waals surface area (Å²) in [6.45, 7) is 8.43. The van der Waals surface area contributed by atoms with Gasteiger partial charge in [0.05, 0.1) is 11.4 Å². The molecule has 0 bridgehead atoms. The number of amides is 1. The monoisotopic (exact) mass is 425 g/mol. The van der Waals surface area contributed by atoms with E-state index in [1.165, 1.54) is 0 Å². The minimum Gasteiger partial charge on any atom is -0.364 e. The molecule has 4 N–H and O–H groups in total. The second-order valence-electron chi connectivity index (χ2n) is 8.78. The van der Waals surface area contributed by atoms with Crippen LogP contribution in [-0.4, -0.2) is 78.0 Å². The third kappa shape index (κ3) is 5.14. The van der Waals surface area contributed by atoms with Crippen molar-refractivity contribution in [2.45, 2.75) is 44.6 Å². The van der Waals surface area contributed by atoms with Gasteiger partial charge in [0.15, 0.2) is 11.5 Å². The lowest BCUT2D eigenvalue weighted by Crippen LogP contribution is -2.48. The van der Waals surface area contributed by atoms with Gasteiger partial charge in [0.2, 0.25) is 0 Å². The van der Waals surface area contributed by atoms with E-state index in [4.69, 9.17) is 10.7 Å². The molecule has 0 saturated carbocycles. The second-order valence-corrected chi connectivity index (χ2v) is 8.78. The van der Waals surface area contributed by atoms with Crippen molar-refractivity contribution in [2.24, 2.45) is 5.73 Å². The number of nitrogens with two attached hydrogens (primary N) is 1. The highest BCUT2D eigenvalue weighted by Gasteiger charge is 2.25. The van der Waals surface area contributed by atoms with Gasteiger partial charge in [0.1, 0.15) is 0 Å². The number of allylic oxidation sites excluding steroid dienone is 1. The van der Waals surface area contributed by atoms with Crippen molar-refractivity contribution in [3.05, 3.63) is 41.0 Å². The quantitative estimate of drug-likeness (QED) is 0.635. The smallest absolute Gasteiger partial charge is 0.271 e. The molecular weight excluding hydrogens is 390 g/mol. The minimum absolute atomic E-state index is 0.227. The molecule has 3 aliphatic rings. The molecule has 8 nitrogen and oxygen atoms in total. The fourth-order valence-electron chi connectivity index (χ4n) is 4.69. The van der Waals surface area contributed by atoms with E-state index >= 15 is 0 Å². The summed E-state index contributed by atoms with van der Waals surface area (Å²) in [5.41, 5.74) is 8.73. The lowest BCUT2D eigenvalue weighted by molar-refractivity contribution is 0.0995. The Kier molecular flexibility index (Phi) is 6.99. The first-order valence-corrected chi connectivity index (χ1v) is 11.5. The summed E-state index contributed by atoms with van der Waals surface area (Å²) in [5.74, 6) is 0.299. The number of likely N-dealkylation sites (N-methyl/N-ethyl adjacent to an activating group) is 1. The zero-order chi connectivity index (χ0) is 21.8. The maximum Gasteiger partial charge on any atom is 0.271 e. The number of hydrogen-bond acceptors (Lipinski definition) is 7. The predicted molar refractivity (Wildman–Crippen MR) is 123 cm³/mol. The molecule has 2 saturated heterocycles. The number of piperidine rings is 1. The number of aryl methyl sites for hydroxylation is 1. The molecule has 1 atom stereocenters. The number of primary amides is 1. The van der Waals surface area contributed by atoms with Gasteiger partial charge in [-0.15, -0.1) is 0 Å². The summed E-state index contributed by atoms with van der Waals surface area (Å²) >= 11 is 0. The molecule has 2 fully saturated rings. The topological polar surface area (TPSA) is 99.4 Å². The van der Waals surface area contributed by atoms with Crippen molar-refractivity contribution in [3.63, 3.8) is 0 Å². The Morgan fingerprint density at radius 1 is 1.23 bits per heavy atom. The van der Waals surface area contributed by atoms with E-state index in [0.717, 1.165) is 82.0 Å². The van der Waals surface area contributed by atoms with Crippen molar-refractivity contribution < 1.29 is 4.79 Å². The zero-order valence-corrected chi connectivity index (χ0v) is 18.7. The Hall–Kier alpha value is -2.29. The molecule has 3 heterocycles. The average molecular weight is 426 g/mol. The largest absolute Gasteiger partial charge is 0.364 e. The Labute approximate surface area is 185 Å². The fraction of sp³-hybridized carbons (Fsp3) is 0.609. The number of nitrogens with one attached hydrogen (secondary N) is 2. The first kappa shape index (κ1) is 21.9. The van der Waals surface area contributed by atoms with Crippen LogP contribution in [0.3, 0.4) is 0 Å². The van der Waals surface area contributed by atoms with Crippen molar-refractivity contribution in [1.82, 2.24) is 25.1 Å². The zero-order valence-electron chi connectivity index (χ0n) is 18.7. The highest BCUT2D eigenvalue weighted by atomic mass is 16.1. The van der Waals surface area contributed by atoms with Gasteiger partial charge in [-0.2, -0.15) is 0 Å². The van der Waals surface area contributed by atoms with E-state index in [2.05, 4.69) is 57.6 Å². The molecule has 1 aromatic heterocycles. The fourth-order valence-corrected chi connectivity index (χ4v) is 4.69. The van der Waals surface area contributed by atoms with Crippen LogP contribution in [0.5, 0.6) is 0 Å². The van der Waals surface area contributed by atoms with Crippen molar-refractivity contribution >= 4 is 11.7 Å². The first-order chi connectivity index (χ1) is 15.0. The molecule has 1 aliphatic carbocycles. The lowest BCUT2D eigenvalue weighted by atomic mass is 9.92. The van der Waals surface area contributed by atoms with Crippen LogP contribution in [0.1, 0.15) is 54.0 Å². The van der Waals surface area contributed by atoms with Crippen LogP contribution in [0.2, 0.25) is 0 Å². The molecule has 8 heteroatoms. The number of carbonyl (C=O) groups is 1. The number of hydrogen-bond donors (Lipinski definition) is 3. The van der Waals surface area contributed by atoms with Crippen LogP contribution in [0.25, 0.3) is 0 Å². The Morgan fingerprint density at radius 2 is 1.97 bits per heavy atom. The Balaban J connectivity index is 1.52. The van der Waals surface area contributed by atoms with Gasteiger partial charge in [0.25, 0.3) is 5.91 Å². The van der Waals surface area contributed by atoms with Crippen molar-refractivity contribution in [1.29, 1.82) is 0 Å². The average Bonchev–Trinajstić information content (AvgIpc) is 2.80. The molecule has 0 aromatic carbocycles. The minimum atomic E-state index is -0.544. The number of carbonyl (C=O) groups excluding carboxylic acids is 1. The van der Waals surface area contributed by atoms with E-state index in [0.29, 0.717) is 17.8 Å². The summed E-state index contributed by atoms with van der Waals surface area (Å²) in [6, 6.07) is 0.425. The van der Waals surface area contributed by atoms with Crippen molar-refractivity contribution in [3.8, 4) is 0 Å². The van der Waals surface area contributed by atoms with Crippen LogP contribution in [0.15, 0.2) is 23.9 Å². The van der Waals surface area contributed by atoms with Gasteiger partial charge in [-0.1, -0.05) is 19.1 Å². The van der Waals surface area contributed by atoms with Gasteiger partial charge in [-0.05, 0) is 51.9 Å². The molecule has 0 radical (unpaired) electrons. The summed E-state index contributed by atoms with van der Waals surface area (Å²) in [6.07, 6.45) is 10.3. The van der Waals surface area contributed by atoms with Gasteiger partial charge in [0, 0.05) is 43.8 Å². The van der Waals surface area contributed by atoms with Crippen LogP contribution in [-0.2, 0) is 6.42 Å². The predicted octanol–water partition coefficient (Wildman–Crippen LogP) is 1.48. The molecule has 2 aliphatic heterocycles. The lowest BCUT2D eigenvalue weighted by Gasteiger charge is -2.37. The normalized spacial score (nSPS) is 23.5. The number of nitrogens with zero attached hydrogens (tertiary/aromatic N) is 4. The maximum absolute atomic E-state index is 12.1. The van der Waals surface area contributed by atoms with E-state index in [9.17, 15) is 4.79 Å². The van der Waals surface area contributed by atoms with Crippen molar-refractivity contribution in [2.75, 3.05) is 51.6 Å². The van der Waals surface area contributed by atoms with Crippen LogP contribution in [0.4, 0.5) is 5.82 Å². The molecule has 0 spiro atoms. The molecular formula is C23H35N7O. The third-order valence-electron chi connectivity index (χ3n) is 6.64. The summed E-state index contributed by atoms with van der Waals surface area (Å²) in [5, 5.41) is 6.75. The highest BCUT2D eigenvalue weighted by Crippen LogP contribution is 2.29. The summed E-state index contributed by atoms with van der Waals surface area (Å²) in [4.78, 5) is 26.6. The molecule has 31 heavy (non-hydrogen) atoms. The Bertz CT molecular complexity index is 852. The van der Waals surface area contributed by atoms with Gasteiger partial charge >= 0.3 is 0 Å². The third-order valence-corrected chi connectivity index (χ3v) is 6.64. The molecule has 1 amide bonds. The number of anilines is 1.